The molecule has 0 aliphatic carbocycles. The van der Waals surface area contributed by atoms with Crippen LogP contribution in [0.2, 0.25) is 10.0 Å². The van der Waals surface area contributed by atoms with Gasteiger partial charge in [0, 0.05) is 11.1 Å². The number of carbonyl (C=O) groups is 1. The molecule has 7 nitrogen and oxygen atoms in total. The average molecular weight is 469 g/mol. The number of rotatable bonds is 6. The molecule has 0 saturated carbocycles. The van der Waals surface area contributed by atoms with Crippen molar-refractivity contribution in [1.82, 2.24) is 0 Å². The number of benzene rings is 3. The predicted octanol–water partition coefficient (Wildman–Crippen LogP) is 6.19. The summed E-state index contributed by atoms with van der Waals surface area (Å²) in [5, 5.41) is 21.0. The lowest BCUT2D eigenvalue weighted by atomic mass is 10.0. The zero-order chi connectivity index (χ0) is 23.3. The first kappa shape index (κ1) is 22.8. The third-order valence-electron chi connectivity index (χ3n) is 4.36. The minimum atomic E-state index is -0.815. The molecule has 3 aromatic carbocycles. The van der Waals surface area contributed by atoms with Gasteiger partial charge in [-0.15, -0.1) is 0 Å². The number of hydrogen-bond acceptors (Lipinski definition) is 6. The topological polar surface area (TPSA) is 102 Å². The first-order chi connectivity index (χ1) is 15.3. The second kappa shape index (κ2) is 9.96. The summed E-state index contributed by atoms with van der Waals surface area (Å²) in [5.41, 5.74) is 1.29. The molecule has 0 radical (unpaired) electrons. The van der Waals surface area contributed by atoms with E-state index in [1.807, 2.05) is 0 Å². The van der Waals surface area contributed by atoms with Crippen LogP contribution in [0.3, 0.4) is 0 Å². The molecule has 0 aliphatic heterocycles. The van der Waals surface area contributed by atoms with Gasteiger partial charge in [0.2, 0.25) is 0 Å². The molecule has 0 fully saturated rings. The number of nitrogens with zero attached hydrogens (tertiary/aromatic N) is 2. The highest BCUT2D eigenvalue weighted by atomic mass is 35.5. The maximum absolute atomic E-state index is 12.5. The third kappa shape index (κ3) is 5.24. The fraction of sp³-hybridized carbons (Fsp3) is 0.0435. The van der Waals surface area contributed by atoms with Gasteiger partial charge in [-0.05, 0) is 53.6 Å². The van der Waals surface area contributed by atoms with Crippen molar-refractivity contribution >= 4 is 46.5 Å². The van der Waals surface area contributed by atoms with E-state index in [2.05, 4.69) is 6.07 Å². The second-order valence-corrected chi connectivity index (χ2v) is 7.24. The number of ether oxygens (including phenoxy) is 2. The fourth-order valence-electron chi connectivity index (χ4n) is 2.77. The number of nitro benzene ring substituents is 1. The Labute approximate surface area is 193 Å². The molecule has 9 heteroatoms. The molecule has 0 aromatic heterocycles. The van der Waals surface area contributed by atoms with E-state index in [4.69, 9.17) is 32.7 Å². The lowest BCUT2D eigenvalue weighted by molar-refractivity contribution is -0.384. The minimum Gasteiger partial charge on any atom is -0.493 e. The van der Waals surface area contributed by atoms with Gasteiger partial charge in [-0.2, -0.15) is 5.26 Å². The van der Waals surface area contributed by atoms with E-state index >= 15 is 0 Å². The average Bonchev–Trinajstić information content (AvgIpc) is 2.79. The highest BCUT2D eigenvalue weighted by Gasteiger charge is 2.19. The Balaban J connectivity index is 1.88. The standard InChI is InChI=1S/C23H14Cl2N2O5/c1-31-22-11-14(10-17(13-26)15-3-6-18(24)7-4-15)2-9-21(22)32-23(28)16-5-8-19(25)20(12-16)27(29)30/h2-12H,1H3/b17-10+. The summed E-state index contributed by atoms with van der Waals surface area (Å²) in [5.74, 6) is -0.466. The van der Waals surface area contributed by atoms with Crippen LogP contribution in [-0.2, 0) is 0 Å². The van der Waals surface area contributed by atoms with Crippen LogP contribution in [0.25, 0.3) is 11.6 Å². The quantitative estimate of drug-likeness (QED) is 0.106. The van der Waals surface area contributed by atoms with Crippen LogP contribution in [0.4, 0.5) is 5.69 Å². The van der Waals surface area contributed by atoms with Gasteiger partial charge in [0.15, 0.2) is 11.5 Å². The Morgan fingerprint density at radius 2 is 1.72 bits per heavy atom. The summed E-state index contributed by atoms with van der Waals surface area (Å²) >= 11 is 11.7. The van der Waals surface area contributed by atoms with Gasteiger partial charge in [0.1, 0.15) is 5.02 Å². The van der Waals surface area contributed by atoms with E-state index in [9.17, 15) is 20.2 Å². The first-order valence-electron chi connectivity index (χ1n) is 9.04. The largest absolute Gasteiger partial charge is 0.493 e. The molecule has 0 spiro atoms. The van der Waals surface area contributed by atoms with Gasteiger partial charge in [-0.1, -0.05) is 41.4 Å². The molecule has 0 bridgehead atoms. The Morgan fingerprint density at radius 1 is 1.03 bits per heavy atom. The number of allylic oxidation sites excluding steroid dienone is 1. The monoisotopic (exact) mass is 468 g/mol. The van der Waals surface area contributed by atoms with Crippen LogP contribution in [-0.4, -0.2) is 18.0 Å². The van der Waals surface area contributed by atoms with E-state index in [1.165, 1.54) is 25.3 Å². The van der Waals surface area contributed by atoms with E-state index in [0.717, 1.165) is 6.07 Å². The van der Waals surface area contributed by atoms with Gasteiger partial charge in [0.05, 0.1) is 29.2 Å². The van der Waals surface area contributed by atoms with Crippen LogP contribution in [0.5, 0.6) is 11.5 Å². The summed E-state index contributed by atoms with van der Waals surface area (Å²) in [7, 11) is 1.40. The number of methoxy groups -OCH3 is 1. The van der Waals surface area contributed by atoms with E-state index in [-0.39, 0.29) is 22.1 Å². The normalized spacial score (nSPS) is 10.9. The zero-order valence-corrected chi connectivity index (χ0v) is 18.1. The van der Waals surface area contributed by atoms with Gasteiger partial charge >= 0.3 is 5.97 Å². The summed E-state index contributed by atoms with van der Waals surface area (Å²) in [6, 6.07) is 17.3. The van der Waals surface area contributed by atoms with Crippen molar-refractivity contribution in [3.05, 3.63) is 97.5 Å². The summed E-state index contributed by atoms with van der Waals surface area (Å²) in [6.07, 6.45) is 1.65. The number of nitro groups is 1. The van der Waals surface area contributed by atoms with Crippen LogP contribution >= 0.6 is 23.2 Å². The van der Waals surface area contributed by atoms with Crippen molar-refractivity contribution in [2.45, 2.75) is 0 Å². The molecule has 0 atom stereocenters. The SMILES string of the molecule is COc1cc(/C=C(\C#N)c2ccc(Cl)cc2)ccc1OC(=O)c1ccc(Cl)c([N+](=O)[O-])c1. The molecular weight excluding hydrogens is 455 g/mol. The molecule has 160 valence electrons. The summed E-state index contributed by atoms with van der Waals surface area (Å²) in [4.78, 5) is 22.8. The van der Waals surface area contributed by atoms with Crippen LogP contribution in [0.15, 0.2) is 60.7 Å². The Kier molecular flexibility index (Phi) is 7.11. The number of carbonyl (C=O) groups excluding carboxylic acids is 1. The van der Waals surface area contributed by atoms with Gasteiger partial charge in [-0.3, -0.25) is 10.1 Å². The van der Waals surface area contributed by atoms with Crippen LogP contribution in [0.1, 0.15) is 21.5 Å². The lowest BCUT2D eigenvalue weighted by Crippen LogP contribution is -2.10. The Hall–Kier alpha value is -3.86. The first-order valence-corrected chi connectivity index (χ1v) is 9.80. The molecule has 3 aromatic rings. The van der Waals surface area contributed by atoms with E-state index < -0.39 is 16.6 Å². The molecule has 3 rings (SSSR count). The predicted molar refractivity (Wildman–Crippen MR) is 121 cm³/mol. The number of hydrogen-bond donors (Lipinski definition) is 0. The molecule has 0 N–H and O–H groups in total. The molecular formula is C23H14Cl2N2O5. The maximum atomic E-state index is 12.5. The second-order valence-electron chi connectivity index (χ2n) is 6.40. The fourth-order valence-corrected chi connectivity index (χ4v) is 3.09. The maximum Gasteiger partial charge on any atom is 0.343 e. The molecule has 32 heavy (non-hydrogen) atoms. The molecule has 0 heterocycles. The molecule has 0 unspecified atom stereocenters. The van der Waals surface area contributed by atoms with Crippen molar-refractivity contribution in [2.75, 3.05) is 7.11 Å². The number of nitriles is 1. The van der Waals surface area contributed by atoms with Gasteiger partial charge < -0.3 is 9.47 Å². The van der Waals surface area contributed by atoms with Crippen molar-refractivity contribution < 1.29 is 19.2 Å². The van der Waals surface area contributed by atoms with E-state index in [1.54, 1.807) is 42.5 Å². The number of esters is 1. The smallest absolute Gasteiger partial charge is 0.343 e. The van der Waals surface area contributed by atoms with Crippen molar-refractivity contribution in [2.24, 2.45) is 0 Å². The summed E-state index contributed by atoms with van der Waals surface area (Å²) < 4.78 is 10.7. The van der Waals surface area contributed by atoms with Gasteiger partial charge in [0.25, 0.3) is 5.69 Å². The van der Waals surface area contributed by atoms with Crippen LogP contribution in [0, 0.1) is 21.4 Å². The molecule has 0 amide bonds. The van der Waals surface area contributed by atoms with Gasteiger partial charge in [-0.25, -0.2) is 4.79 Å². The summed E-state index contributed by atoms with van der Waals surface area (Å²) in [6.45, 7) is 0. The number of halogens is 2. The van der Waals surface area contributed by atoms with Crippen molar-refractivity contribution in [3.63, 3.8) is 0 Å². The third-order valence-corrected chi connectivity index (χ3v) is 4.93. The van der Waals surface area contributed by atoms with E-state index in [0.29, 0.717) is 21.7 Å². The Bertz CT molecular complexity index is 1260. The van der Waals surface area contributed by atoms with Crippen molar-refractivity contribution in [3.8, 4) is 17.6 Å². The highest BCUT2D eigenvalue weighted by molar-refractivity contribution is 6.32. The molecule has 0 aliphatic rings. The zero-order valence-electron chi connectivity index (χ0n) is 16.5. The molecule has 0 saturated heterocycles. The highest BCUT2D eigenvalue weighted by Crippen LogP contribution is 2.32. The lowest BCUT2D eigenvalue weighted by Gasteiger charge is -2.10. The van der Waals surface area contributed by atoms with Crippen molar-refractivity contribution in [1.29, 1.82) is 5.26 Å². The van der Waals surface area contributed by atoms with Crippen LogP contribution < -0.4 is 9.47 Å². The Morgan fingerprint density at radius 3 is 2.34 bits per heavy atom. The minimum absolute atomic E-state index is 0.0402.